The third-order valence-electron chi connectivity index (χ3n) is 6.03. The average Bonchev–Trinajstić information content (AvgIpc) is 2.81. The Balaban J connectivity index is 2.20. The van der Waals surface area contributed by atoms with Crippen molar-refractivity contribution in [1.82, 2.24) is 10.2 Å². The highest BCUT2D eigenvalue weighted by Gasteiger charge is 2.27. The first kappa shape index (κ1) is 29.6. The third-order valence-corrected chi connectivity index (χ3v) is 7.44. The number of amides is 2. The Morgan fingerprint density at radius 3 is 2.33 bits per heavy atom. The molecule has 2 atom stereocenters. The number of rotatable bonds is 12. The first-order valence-corrected chi connectivity index (χ1v) is 14.1. The average molecular weight is 540 g/mol. The van der Waals surface area contributed by atoms with Gasteiger partial charge in [-0.3, -0.25) is 13.9 Å². The summed E-state index contributed by atoms with van der Waals surface area (Å²) in [6, 6.07) is 9.95. The summed E-state index contributed by atoms with van der Waals surface area (Å²) < 4.78 is 39.6. The summed E-state index contributed by atoms with van der Waals surface area (Å²) in [4.78, 5) is 27.5. The number of carbonyl (C=O) groups is 2. The molecule has 2 rings (SSSR count). The summed E-state index contributed by atoms with van der Waals surface area (Å²) in [5, 5.41) is 3.30. The van der Waals surface area contributed by atoms with Gasteiger partial charge in [-0.05, 0) is 69.0 Å². The van der Waals surface area contributed by atoms with Gasteiger partial charge in [0.25, 0.3) is 0 Å². The Labute approximate surface area is 218 Å². The number of halogens is 2. The van der Waals surface area contributed by atoms with Gasteiger partial charge >= 0.3 is 0 Å². The van der Waals surface area contributed by atoms with Crippen molar-refractivity contribution in [2.75, 3.05) is 17.1 Å². The van der Waals surface area contributed by atoms with Gasteiger partial charge in [-0.25, -0.2) is 12.8 Å². The fourth-order valence-corrected chi connectivity index (χ4v) is 4.85. The van der Waals surface area contributed by atoms with Gasteiger partial charge in [0.15, 0.2) is 0 Å². The molecule has 0 saturated heterocycles. The van der Waals surface area contributed by atoms with Crippen molar-refractivity contribution in [3.05, 3.63) is 64.4 Å². The van der Waals surface area contributed by atoms with Crippen LogP contribution < -0.4 is 9.62 Å². The molecule has 0 aliphatic rings. The standard InChI is InChI=1S/C26H35ClFN3O4S/c1-6-19(3)29-26(33)20(4)30(17-21-10-13-23(28)14-11-21)25(32)8-7-15-31(36(5,34)35)24-16-22(27)12-9-18(24)2/h9-14,16,19-20H,6-8,15,17H2,1-5H3,(H,29,33)/t19-,20-/m1/s1. The van der Waals surface area contributed by atoms with E-state index in [1.807, 2.05) is 13.8 Å². The molecule has 7 nitrogen and oxygen atoms in total. The van der Waals surface area contributed by atoms with E-state index in [9.17, 15) is 22.4 Å². The van der Waals surface area contributed by atoms with Crippen molar-refractivity contribution in [3.63, 3.8) is 0 Å². The molecule has 0 saturated carbocycles. The zero-order valence-corrected chi connectivity index (χ0v) is 23.0. The van der Waals surface area contributed by atoms with E-state index in [0.29, 0.717) is 16.3 Å². The van der Waals surface area contributed by atoms with Crippen molar-refractivity contribution >= 4 is 39.1 Å². The normalized spacial score (nSPS) is 13.1. The van der Waals surface area contributed by atoms with E-state index >= 15 is 0 Å². The van der Waals surface area contributed by atoms with Crippen molar-refractivity contribution in [2.45, 2.75) is 65.6 Å². The molecule has 10 heteroatoms. The molecule has 2 aromatic rings. The minimum absolute atomic E-state index is 0.0216. The Morgan fingerprint density at radius 1 is 1.11 bits per heavy atom. The minimum Gasteiger partial charge on any atom is -0.352 e. The van der Waals surface area contributed by atoms with Crippen molar-refractivity contribution in [1.29, 1.82) is 0 Å². The summed E-state index contributed by atoms with van der Waals surface area (Å²) in [7, 11) is -3.62. The number of hydrogen-bond donors (Lipinski definition) is 1. The maximum Gasteiger partial charge on any atom is 0.242 e. The van der Waals surface area contributed by atoms with Gasteiger partial charge in [0.05, 0.1) is 11.9 Å². The fraction of sp³-hybridized carbons (Fsp3) is 0.462. The van der Waals surface area contributed by atoms with Crippen molar-refractivity contribution in [2.24, 2.45) is 0 Å². The molecule has 36 heavy (non-hydrogen) atoms. The van der Waals surface area contributed by atoms with Crippen LogP contribution in [-0.2, 0) is 26.2 Å². The van der Waals surface area contributed by atoms with E-state index < -0.39 is 21.9 Å². The van der Waals surface area contributed by atoms with Crippen LogP contribution in [0, 0.1) is 12.7 Å². The number of hydrogen-bond acceptors (Lipinski definition) is 4. The van der Waals surface area contributed by atoms with Gasteiger partial charge in [0.1, 0.15) is 11.9 Å². The second kappa shape index (κ2) is 13.1. The quantitative estimate of drug-likeness (QED) is 0.425. The predicted octanol–water partition coefficient (Wildman–Crippen LogP) is 4.67. The molecule has 2 amide bonds. The molecular formula is C26H35ClFN3O4S. The Kier molecular flexibility index (Phi) is 10.7. The predicted molar refractivity (Wildman–Crippen MR) is 142 cm³/mol. The van der Waals surface area contributed by atoms with E-state index in [2.05, 4.69) is 5.32 Å². The number of nitrogens with one attached hydrogen (secondary N) is 1. The van der Waals surface area contributed by atoms with Gasteiger partial charge < -0.3 is 10.2 Å². The number of sulfonamides is 1. The van der Waals surface area contributed by atoms with Crippen LogP contribution >= 0.6 is 11.6 Å². The summed E-state index contributed by atoms with van der Waals surface area (Å²) in [6.45, 7) is 7.47. The van der Waals surface area contributed by atoms with E-state index in [1.165, 1.54) is 21.3 Å². The van der Waals surface area contributed by atoms with Crippen molar-refractivity contribution < 1.29 is 22.4 Å². The van der Waals surface area contributed by atoms with E-state index in [0.717, 1.165) is 18.2 Å². The third kappa shape index (κ3) is 8.48. The van der Waals surface area contributed by atoms with E-state index in [-0.39, 0.29) is 43.8 Å². The summed E-state index contributed by atoms with van der Waals surface area (Å²) in [5.41, 5.74) is 1.88. The molecule has 0 fully saturated rings. The van der Waals surface area contributed by atoms with Gasteiger partial charge in [0.2, 0.25) is 21.8 Å². The Morgan fingerprint density at radius 2 is 1.75 bits per heavy atom. The second-order valence-electron chi connectivity index (χ2n) is 9.01. The zero-order chi connectivity index (χ0) is 27.0. The van der Waals surface area contributed by atoms with Crippen molar-refractivity contribution in [3.8, 4) is 0 Å². The van der Waals surface area contributed by atoms with Crippen LogP contribution in [0.4, 0.5) is 10.1 Å². The lowest BCUT2D eigenvalue weighted by molar-refractivity contribution is -0.140. The molecule has 0 heterocycles. The molecule has 0 aromatic heterocycles. The zero-order valence-electron chi connectivity index (χ0n) is 21.4. The van der Waals surface area contributed by atoms with Crippen LogP contribution in [0.25, 0.3) is 0 Å². The largest absolute Gasteiger partial charge is 0.352 e. The topological polar surface area (TPSA) is 86.8 Å². The molecule has 0 aliphatic heterocycles. The first-order chi connectivity index (χ1) is 16.8. The summed E-state index contributed by atoms with van der Waals surface area (Å²) in [5.74, 6) is -0.981. The number of benzene rings is 2. The number of aryl methyl sites for hydroxylation is 1. The molecule has 0 unspecified atom stereocenters. The van der Waals surface area contributed by atoms with Gasteiger partial charge in [-0.15, -0.1) is 0 Å². The van der Waals surface area contributed by atoms with Gasteiger partial charge in [-0.2, -0.15) is 0 Å². The van der Waals surface area contributed by atoms with Gasteiger partial charge in [0, 0.05) is 30.6 Å². The van der Waals surface area contributed by atoms with E-state index in [1.54, 1.807) is 44.2 Å². The maximum atomic E-state index is 13.4. The highest BCUT2D eigenvalue weighted by Crippen LogP contribution is 2.27. The lowest BCUT2D eigenvalue weighted by atomic mass is 10.1. The SMILES string of the molecule is CC[C@@H](C)NC(=O)[C@@H](C)N(Cc1ccc(F)cc1)C(=O)CCCN(c1cc(Cl)ccc1C)S(C)(=O)=O. The highest BCUT2D eigenvalue weighted by atomic mass is 35.5. The van der Waals surface area contributed by atoms with Crippen LogP contribution in [0.1, 0.15) is 51.2 Å². The van der Waals surface area contributed by atoms with Crippen LogP contribution in [0.2, 0.25) is 5.02 Å². The van der Waals surface area contributed by atoms with Gasteiger partial charge in [-0.1, -0.05) is 36.7 Å². The lowest BCUT2D eigenvalue weighted by Gasteiger charge is -2.30. The Bertz CT molecular complexity index is 1160. The molecule has 0 spiro atoms. The Hall–Kier alpha value is -2.65. The second-order valence-corrected chi connectivity index (χ2v) is 11.4. The monoisotopic (exact) mass is 539 g/mol. The molecule has 2 aromatic carbocycles. The molecule has 198 valence electrons. The number of anilines is 1. The molecule has 1 N–H and O–H groups in total. The van der Waals surface area contributed by atoms with Crippen LogP contribution in [0.5, 0.6) is 0 Å². The fourth-order valence-electron chi connectivity index (χ4n) is 3.67. The smallest absolute Gasteiger partial charge is 0.242 e. The molecular weight excluding hydrogens is 505 g/mol. The molecule has 0 radical (unpaired) electrons. The lowest BCUT2D eigenvalue weighted by Crippen LogP contribution is -2.49. The van der Waals surface area contributed by atoms with Crippen LogP contribution in [0.15, 0.2) is 42.5 Å². The summed E-state index contributed by atoms with van der Waals surface area (Å²) in [6.07, 6.45) is 2.11. The molecule has 0 aliphatic carbocycles. The maximum absolute atomic E-state index is 13.4. The molecule has 0 bridgehead atoms. The highest BCUT2D eigenvalue weighted by molar-refractivity contribution is 7.92. The minimum atomic E-state index is -3.62. The first-order valence-electron chi connectivity index (χ1n) is 11.9. The number of nitrogens with zero attached hydrogens (tertiary/aromatic N) is 2. The van der Waals surface area contributed by atoms with Crippen LogP contribution in [0.3, 0.4) is 0 Å². The van der Waals surface area contributed by atoms with Crippen LogP contribution in [-0.4, -0.2) is 50.0 Å². The van der Waals surface area contributed by atoms with E-state index in [4.69, 9.17) is 11.6 Å². The summed E-state index contributed by atoms with van der Waals surface area (Å²) >= 11 is 6.09. The number of carbonyl (C=O) groups excluding carboxylic acids is 2.